The summed E-state index contributed by atoms with van der Waals surface area (Å²) in [5.41, 5.74) is 1.53. The van der Waals surface area contributed by atoms with E-state index < -0.39 is 5.91 Å². The van der Waals surface area contributed by atoms with Crippen molar-refractivity contribution in [2.75, 3.05) is 5.32 Å². The minimum Gasteiger partial charge on any atom is -0.322 e. The molecular formula is C20H15N3O2. The smallest absolute Gasteiger partial charge is 0.270 e. The molecule has 2 aromatic carbocycles. The molecule has 0 fully saturated rings. The van der Waals surface area contributed by atoms with Crippen LogP contribution >= 0.6 is 0 Å². The van der Waals surface area contributed by atoms with Gasteiger partial charge in [0, 0.05) is 17.6 Å². The predicted molar refractivity (Wildman–Crippen MR) is 98.1 cm³/mol. The van der Waals surface area contributed by atoms with Crippen LogP contribution in [0.2, 0.25) is 0 Å². The number of rotatable bonds is 2. The molecule has 1 amide bonds. The van der Waals surface area contributed by atoms with E-state index in [1.807, 2.05) is 48.5 Å². The molecule has 0 aliphatic heterocycles. The largest absolute Gasteiger partial charge is 0.322 e. The summed E-state index contributed by atoms with van der Waals surface area (Å²) in [6.07, 6.45) is 1.33. The molecule has 0 unspecified atom stereocenters. The Bertz CT molecular complexity index is 1180. The summed E-state index contributed by atoms with van der Waals surface area (Å²) in [4.78, 5) is 29.4. The van der Waals surface area contributed by atoms with Gasteiger partial charge in [-0.15, -0.1) is 0 Å². The van der Waals surface area contributed by atoms with Gasteiger partial charge >= 0.3 is 0 Å². The standard InChI is InChI=1S/C20H15N3O2/c1-13-5-4-8-18-21-12-17(20(25)23(13)18)19(24)22-16-10-9-14-6-2-3-7-15(14)11-16/h2-12H,1H3,(H,22,24). The third-order valence-electron chi connectivity index (χ3n) is 4.18. The van der Waals surface area contributed by atoms with E-state index in [1.54, 1.807) is 19.1 Å². The van der Waals surface area contributed by atoms with Crippen LogP contribution in [0.25, 0.3) is 16.4 Å². The van der Waals surface area contributed by atoms with E-state index >= 15 is 0 Å². The highest BCUT2D eigenvalue weighted by Crippen LogP contribution is 2.19. The molecule has 5 heteroatoms. The maximum atomic E-state index is 12.7. The number of pyridine rings is 1. The minimum atomic E-state index is -0.467. The number of nitrogens with one attached hydrogen (secondary N) is 1. The Morgan fingerprint density at radius 3 is 2.64 bits per heavy atom. The van der Waals surface area contributed by atoms with Crippen molar-refractivity contribution >= 4 is 28.0 Å². The van der Waals surface area contributed by atoms with Crippen LogP contribution in [0.4, 0.5) is 5.69 Å². The molecular weight excluding hydrogens is 314 g/mol. The van der Waals surface area contributed by atoms with Gasteiger partial charge < -0.3 is 5.32 Å². The molecule has 0 radical (unpaired) electrons. The van der Waals surface area contributed by atoms with E-state index in [-0.39, 0.29) is 11.1 Å². The Balaban J connectivity index is 1.73. The Morgan fingerprint density at radius 1 is 1.00 bits per heavy atom. The second-order valence-electron chi connectivity index (χ2n) is 5.85. The van der Waals surface area contributed by atoms with Crippen molar-refractivity contribution in [2.45, 2.75) is 6.92 Å². The van der Waals surface area contributed by atoms with Gasteiger partial charge in [0.05, 0.1) is 0 Å². The van der Waals surface area contributed by atoms with Crippen LogP contribution in [0.15, 0.2) is 71.7 Å². The molecule has 25 heavy (non-hydrogen) atoms. The first kappa shape index (κ1) is 15.1. The van der Waals surface area contributed by atoms with Gasteiger partial charge in [-0.25, -0.2) is 4.98 Å². The van der Waals surface area contributed by atoms with Gasteiger partial charge in [0.25, 0.3) is 11.5 Å². The van der Waals surface area contributed by atoms with Crippen LogP contribution in [0.1, 0.15) is 16.1 Å². The van der Waals surface area contributed by atoms with Crippen LogP contribution in [0.5, 0.6) is 0 Å². The van der Waals surface area contributed by atoms with Gasteiger partial charge in [-0.1, -0.05) is 36.4 Å². The monoisotopic (exact) mass is 329 g/mol. The summed E-state index contributed by atoms with van der Waals surface area (Å²) in [5, 5.41) is 4.89. The van der Waals surface area contributed by atoms with Crippen LogP contribution in [0.3, 0.4) is 0 Å². The number of benzene rings is 2. The lowest BCUT2D eigenvalue weighted by Gasteiger charge is -2.08. The topological polar surface area (TPSA) is 63.5 Å². The summed E-state index contributed by atoms with van der Waals surface area (Å²) in [5.74, 6) is -0.467. The number of anilines is 1. The Morgan fingerprint density at radius 2 is 1.80 bits per heavy atom. The molecule has 0 atom stereocenters. The second kappa shape index (κ2) is 5.87. The fraction of sp³-hybridized carbons (Fsp3) is 0.0500. The molecule has 5 nitrogen and oxygen atoms in total. The van der Waals surface area contributed by atoms with Crippen molar-refractivity contribution < 1.29 is 4.79 Å². The summed E-state index contributed by atoms with van der Waals surface area (Å²) in [6.45, 7) is 1.81. The number of fused-ring (bicyclic) bond motifs is 2. The molecule has 0 aliphatic rings. The van der Waals surface area contributed by atoms with Crippen LogP contribution < -0.4 is 10.9 Å². The number of hydrogen-bond acceptors (Lipinski definition) is 3. The van der Waals surface area contributed by atoms with E-state index in [1.165, 1.54) is 10.6 Å². The molecule has 0 bridgehead atoms. The number of hydrogen-bond donors (Lipinski definition) is 1. The van der Waals surface area contributed by atoms with E-state index in [2.05, 4.69) is 10.3 Å². The average Bonchev–Trinajstić information content (AvgIpc) is 2.62. The summed E-state index contributed by atoms with van der Waals surface area (Å²) in [7, 11) is 0. The third kappa shape index (κ3) is 2.65. The number of amides is 1. The highest BCUT2D eigenvalue weighted by molar-refractivity contribution is 6.04. The molecule has 1 N–H and O–H groups in total. The van der Waals surface area contributed by atoms with Gasteiger partial charge in [0.1, 0.15) is 11.2 Å². The first-order valence-corrected chi connectivity index (χ1v) is 7.91. The van der Waals surface area contributed by atoms with Crippen molar-refractivity contribution in [3.63, 3.8) is 0 Å². The van der Waals surface area contributed by atoms with Crippen LogP contribution in [-0.2, 0) is 0 Å². The van der Waals surface area contributed by atoms with Crippen molar-refractivity contribution in [3.8, 4) is 0 Å². The summed E-state index contributed by atoms with van der Waals surface area (Å²) < 4.78 is 1.44. The minimum absolute atomic E-state index is 0.0139. The van der Waals surface area contributed by atoms with Gasteiger partial charge in [-0.3, -0.25) is 14.0 Å². The number of carbonyl (C=O) groups excluding carboxylic acids is 1. The number of nitrogens with zero attached hydrogens (tertiary/aromatic N) is 2. The van der Waals surface area contributed by atoms with Gasteiger partial charge in [-0.05, 0) is 42.0 Å². The first-order chi connectivity index (χ1) is 12.1. The average molecular weight is 329 g/mol. The van der Waals surface area contributed by atoms with Gasteiger partial charge in [0.15, 0.2) is 0 Å². The maximum Gasteiger partial charge on any atom is 0.270 e. The molecule has 2 heterocycles. The molecule has 4 aromatic rings. The normalized spacial score (nSPS) is 10.9. The first-order valence-electron chi connectivity index (χ1n) is 7.91. The van der Waals surface area contributed by atoms with Crippen molar-refractivity contribution in [1.82, 2.24) is 9.38 Å². The molecule has 2 aromatic heterocycles. The third-order valence-corrected chi connectivity index (χ3v) is 4.18. The highest BCUT2D eigenvalue weighted by atomic mass is 16.2. The van der Waals surface area contributed by atoms with E-state index in [9.17, 15) is 9.59 Å². The zero-order valence-electron chi connectivity index (χ0n) is 13.6. The summed E-state index contributed by atoms with van der Waals surface area (Å²) >= 11 is 0. The molecule has 122 valence electrons. The highest BCUT2D eigenvalue weighted by Gasteiger charge is 2.14. The van der Waals surface area contributed by atoms with E-state index in [0.717, 1.165) is 16.5 Å². The Kier molecular flexibility index (Phi) is 3.54. The van der Waals surface area contributed by atoms with Crippen molar-refractivity contribution in [3.05, 3.63) is 88.5 Å². The fourth-order valence-corrected chi connectivity index (χ4v) is 2.90. The molecule has 0 spiro atoms. The molecule has 0 saturated heterocycles. The molecule has 0 saturated carbocycles. The lowest BCUT2D eigenvalue weighted by atomic mass is 10.1. The van der Waals surface area contributed by atoms with E-state index in [0.29, 0.717) is 11.3 Å². The molecule has 4 rings (SSSR count). The summed E-state index contributed by atoms with van der Waals surface area (Å²) in [6, 6.07) is 18.9. The zero-order valence-corrected chi connectivity index (χ0v) is 13.6. The number of carbonyl (C=O) groups is 1. The van der Waals surface area contributed by atoms with Gasteiger partial charge in [-0.2, -0.15) is 0 Å². The number of aromatic nitrogens is 2. The lowest BCUT2D eigenvalue weighted by Crippen LogP contribution is -2.27. The van der Waals surface area contributed by atoms with E-state index in [4.69, 9.17) is 0 Å². The Hall–Kier alpha value is -3.47. The Labute approximate surface area is 143 Å². The number of aryl methyl sites for hydroxylation is 1. The lowest BCUT2D eigenvalue weighted by molar-refractivity contribution is 0.102. The van der Waals surface area contributed by atoms with Crippen LogP contribution in [0, 0.1) is 6.92 Å². The maximum absolute atomic E-state index is 12.7. The SMILES string of the molecule is Cc1cccc2ncc(C(=O)Nc3ccc4ccccc4c3)c(=O)n12. The van der Waals surface area contributed by atoms with Crippen molar-refractivity contribution in [2.24, 2.45) is 0 Å². The molecule has 0 aliphatic carbocycles. The fourth-order valence-electron chi connectivity index (χ4n) is 2.90. The van der Waals surface area contributed by atoms with Crippen LogP contribution in [-0.4, -0.2) is 15.3 Å². The van der Waals surface area contributed by atoms with Gasteiger partial charge in [0.2, 0.25) is 0 Å². The quantitative estimate of drug-likeness (QED) is 0.613. The predicted octanol–water partition coefficient (Wildman–Crippen LogP) is 3.41. The van der Waals surface area contributed by atoms with Crippen molar-refractivity contribution in [1.29, 1.82) is 0 Å². The second-order valence-corrected chi connectivity index (χ2v) is 5.85. The zero-order chi connectivity index (χ0) is 17.4.